The number of methoxy groups -OCH3 is 1. The molecule has 0 fully saturated rings. The number of carbonyl (C=O) groups excluding carboxylic acids is 1. The topological polar surface area (TPSA) is 52.3 Å². The number of nitrogens with two attached hydrogens (primary N) is 1. The first kappa shape index (κ1) is 14.3. The van der Waals surface area contributed by atoms with Gasteiger partial charge in [0.1, 0.15) is 5.75 Å². The van der Waals surface area contributed by atoms with Crippen molar-refractivity contribution in [2.24, 2.45) is 5.73 Å². The van der Waals surface area contributed by atoms with Crippen molar-refractivity contribution >= 4 is 24.4 Å². The third-order valence-corrected chi connectivity index (χ3v) is 1.75. The van der Waals surface area contributed by atoms with Gasteiger partial charge in [0.05, 0.1) is 7.11 Å². The Labute approximate surface area is 101 Å². The van der Waals surface area contributed by atoms with Crippen LogP contribution in [0, 0.1) is 0 Å². The van der Waals surface area contributed by atoms with Crippen molar-refractivity contribution < 1.29 is 9.53 Å². The highest BCUT2D eigenvalue weighted by Gasteiger charge is 1.90. The van der Waals surface area contributed by atoms with E-state index in [-0.39, 0.29) is 12.4 Å². The molecule has 0 saturated carbocycles. The van der Waals surface area contributed by atoms with E-state index in [4.69, 9.17) is 10.5 Å². The molecule has 0 bridgehead atoms. The van der Waals surface area contributed by atoms with Gasteiger partial charge in [-0.15, -0.1) is 12.4 Å². The molecule has 0 saturated heterocycles. The lowest BCUT2D eigenvalue weighted by atomic mass is 10.2. The first-order chi connectivity index (χ1) is 7.22. The van der Waals surface area contributed by atoms with Gasteiger partial charge >= 0.3 is 0 Å². The smallest absolute Gasteiger partial charge is 0.241 e. The fourth-order valence-electron chi connectivity index (χ4n) is 1.06. The second kappa shape index (κ2) is 7.54. The fraction of sp³-hybridized carbons (Fsp3) is 0.0833. The number of benzene rings is 1. The maximum atomic E-state index is 10.4. The van der Waals surface area contributed by atoms with Crippen LogP contribution in [-0.4, -0.2) is 13.0 Å². The Bertz CT molecular complexity index is 400. The van der Waals surface area contributed by atoms with E-state index < -0.39 is 5.91 Å². The highest BCUT2D eigenvalue weighted by atomic mass is 35.5. The number of ether oxygens (including phenoxy) is 1. The maximum absolute atomic E-state index is 10.4. The van der Waals surface area contributed by atoms with Gasteiger partial charge in [0.2, 0.25) is 5.91 Å². The molecule has 4 heteroatoms. The second-order valence-corrected chi connectivity index (χ2v) is 2.90. The Morgan fingerprint density at radius 2 is 2.12 bits per heavy atom. The molecule has 1 aromatic carbocycles. The average molecular weight is 240 g/mol. The molecule has 1 rings (SSSR count). The molecular formula is C12H14ClNO2. The number of amides is 1. The van der Waals surface area contributed by atoms with Crippen molar-refractivity contribution in [1.82, 2.24) is 0 Å². The molecule has 2 N–H and O–H groups in total. The number of carbonyl (C=O) groups is 1. The minimum Gasteiger partial charge on any atom is -0.497 e. The lowest BCUT2D eigenvalue weighted by molar-refractivity contribution is -0.113. The van der Waals surface area contributed by atoms with Crippen molar-refractivity contribution in [3.63, 3.8) is 0 Å². The van der Waals surface area contributed by atoms with Gasteiger partial charge in [-0.25, -0.2) is 0 Å². The molecule has 0 aromatic heterocycles. The van der Waals surface area contributed by atoms with E-state index in [9.17, 15) is 4.79 Å². The Morgan fingerprint density at radius 1 is 1.38 bits per heavy atom. The van der Waals surface area contributed by atoms with Crippen LogP contribution in [0.5, 0.6) is 5.75 Å². The monoisotopic (exact) mass is 239 g/mol. The van der Waals surface area contributed by atoms with Crippen molar-refractivity contribution in [2.75, 3.05) is 7.11 Å². The van der Waals surface area contributed by atoms with E-state index in [1.807, 2.05) is 30.3 Å². The van der Waals surface area contributed by atoms with Crippen LogP contribution in [0.15, 0.2) is 42.5 Å². The van der Waals surface area contributed by atoms with Gasteiger partial charge in [0.15, 0.2) is 0 Å². The molecule has 1 aromatic rings. The molecular weight excluding hydrogens is 226 g/mol. The summed E-state index contributed by atoms with van der Waals surface area (Å²) in [6.45, 7) is 0. The molecule has 3 nitrogen and oxygen atoms in total. The van der Waals surface area contributed by atoms with Crippen LogP contribution in [0.25, 0.3) is 6.08 Å². The van der Waals surface area contributed by atoms with Gasteiger partial charge in [-0.2, -0.15) is 0 Å². The van der Waals surface area contributed by atoms with E-state index in [0.717, 1.165) is 11.3 Å². The summed E-state index contributed by atoms with van der Waals surface area (Å²) in [6.07, 6.45) is 6.51. The van der Waals surface area contributed by atoms with Crippen LogP contribution >= 0.6 is 12.4 Å². The van der Waals surface area contributed by atoms with Crippen molar-refractivity contribution in [1.29, 1.82) is 0 Å². The summed E-state index contributed by atoms with van der Waals surface area (Å²) in [4.78, 5) is 10.4. The predicted molar refractivity (Wildman–Crippen MR) is 67.6 cm³/mol. The van der Waals surface area contributed by atoms with Crippen LogP contribution in [0.3, 0.4) is 0 Å². The molecule has 0 heterocycles. The third kappa shape index (κ3) is 5.22. The average Bonchev–Trinajstić information content (AvgIpc) is 2.24. The molecule has 0 unspecified atom stereocenters. The summed E-state index contributed by atoms with van der Waals surface area (Å²) in [5.74, 6) is 0.348. The summed E-state index contributed by atoms with van der Waals surface area (Å²) in [5, 5.41) is 0. The molecule has 0 spiro atoms. The Morgan fingerprint density at radius 3 is 2.75 bits per heavy atom. The maximum Gasteiger partial charge on any atom is 0.241 e. The number of hydrogen-bond acceptors (Lipinski definition) is 2. The Hall–Kier alpha value is -1.74. The molecule has 0 atom stereocenters. The van der Waals surface area contributed by atoms with Crippen LogP contribution in [0.4, 0.5) is 0 Å². The SMILES string of the molecule is COc1cccc(C=CC=CC(N)=O)c1.Cl. The number of hydrogen-bond donors (Lipinski definition) is 1. The van der Waals surface area contributed by atoms with Gasteiger partial charge in [0, 0.05) is 6.08 Å². The molecule has 16 heavy (non-hydrogen) atoms. The van der Waals surface area contributed by atoms with E-state index in [1.165, 1.54) is 6.08 Å². The molecule has 0 radical (unpaired) electrons. The van der Waals surface area contributed by atoms with Crippen LogP contribution in [-0.2, 0) is 4.79 Å². The van der Waals surface area contributed by atoms with Crippen LogP contribution in [0.2, 0.25) is 0 Å². The zero-order valence-electron chi connectivity index (χ0n) is 8.92. The minimum atomic E-state index is -0.453. The lowest BCUT2D eigenvalue weighted by Gasteiger charge is -1.99. The van der Waals surface area contributed by atoms with Crippen LogP contribution in [0.1, 0.15) is 5.56 Å². The summed E-state index contributed by atoms with van der Waals surface area (Å²) in [5.41, 5.74) is 5.94. The van der Waals surface area contributed by atoms with Crippen molar-refractivity contribution in [3.8, 4) is 5.75 Å². The van der Waals surface area contributed by atoms with Crippen molar-refractivity contribution in [3.05, 3.63) is 48.1 Å². The quantitative estimate of drug-likeness (QED) is 0.647. The normalized spacial score (nSPS) is 10.3. The zero-order valence-corrected chi connectivity index (χ0v) is 9.74. The van der Waals surface area contributed by atoms with Gasteiger partial charge < -0.3 is 10.5 Å². The number of allylic oxidation sites excluding steroid dienone is 2. The zero-order chi connectivity index (χ0) is 11.1. The summed E-state index contributed by atoms with van der Waals surface area (Å²) in [7, 11) is 1.62. The highest BCUT2D eigenvalue weighted by molar-refractivity contribution is 5.86. The van der Waals surface area contributed by atoms with E-state index >= 15 is 0 Å². The molecule has 86 valence electrons. The van der Waals surface area contributed by atoms with Gasteiger partial charge in [0.25, 0.3) is 0 Å². The molecule has 0 aliphatic heterocycles. The lowest BCUT2D eigenvalue weighted by Crippen LogP contribution is -2.04. The second-order valence-electron chi connectivity index (χ2n) is 2.90. The van der Waals surface area contributed by atoms with E-state index in [2.05, 4.69) is 0 Å². The summed E-state index contributed by atoms with van der Waals surface area (Å²) < 4.78 is 5.07. The molecule has 0 aliphatic rings. The molecule has 0 aliphatic carbocycles. The highest BCUT2D eigenvalue weighted by Crippen LogP contribution is 2.13. The molecule has 1 amide bonds. The Kier molecular flexibility index (Phi) is 6.72. The fourth-order valence-corrected chi connectivity index (χ4v) is 1.06. The van der Waals surface area contributed by atoms with E-state index in [1.54, 1.807) is 19.3 Å². The van der Waals surface area contributed by atoms with Crippen LogP contribution < -0.4 is 10.5 Å². The van der Waals surface area contributed by atoms with Gasteiger partial charge in [-0.3, -0.25) is 4.79 Å². The summed E-state index contributed by atoms with van der Waals surface area (Å²) >= 11 is 0. The van der Waals surface area contributed by atoms with E-state index in [0.29, 0.717) is 0 Å². The number of rotatable bonds is 4. The van der Waals surface area contributed by atoms with Gasteiger partial charge in [-0.1, -0.05) is 30.4 Å². The minimum absolute atomic E-state index is 0. The standard InChI is InChI=1S/C12H13NO2.ClH/c1-15-11-7-4-6-10(9-11)5-2-3-8-12(13)14;/h2-9H,1H3,(H2,13,14);1H. The summed E-state index contributed by atoms with van der Waals surface area (Å²) in [6, 6.07) is 7.61. The predicted octanol–water partition coefficient (Wildman–Crippen LogP) is 2.17. The third-order valence-electron chi connectivity index (χ3n) is 1.75. The van der Waals surface area contributed by atoms with Crippen molar-refractivity contribution in [2.45, 2.75) is 0 Å². The van der Waals surface area contributed by atoms with Gasteiger partial charge in [-0.05, 0) is 17.7 Å². The number of primary amides is 1. The first-order valence-electron chi connectivity index (χ1n) is 4.50. The first-order valence-corrected chi connectivity index (χ1v) is 4.50. The Balaban J connectivity index is 0.00000225. The largest absolute Gasteiger partial charge is 0.497 e. The number of halogens is 1.